The number of carbonyl (C=O) groups excluding carboxylic acids is 1. The molecule has 82 valence electrons. The quantitative estimate of drug-likeness (QED) is 0.678. The second-order valence-electron chi connectivity index (χ2n) is 5.88. The summed E-state index contributed by atoms with van der Waals surface area (Å²) in [7, 11) is 0. The van der Waals surface area contributed by atoms with Gasteiger partial charge in [0.05, 0.1) is 0 Å². The third-order valence-electron chi connectivity index (χ3n) is 2.20. The first kappa shape index (κ1) is 13.2. The van der Waals surface area contributed by atoms with Crippen molar-refractivity contribution in [2.24, 2.45) is 10.8 Å². The van der Waals surface area contributed by atoms with Crippen LogP contribution in [-0.2, 0) is 4.79 Å². The molecule has 0 atom stereocenters. The predicted octanol–water partition coefficient (Wildman–Crippen LogP) is 2.75. The molecule has 0 aromatic carbocycles. The van der Waals surface area contributed by atoms with Gasteiger partial charge in [0.15, 0.2) is 0 Å². The lowest BCUT2D eigenvalue weighted by molar-refractivity contribution is -0.119. The van der Waals surface area contributed by atoms with E-state index in [2.05, 4.69) is 53.4 Å². The standard InChI is InChI=1S/C12H23NO/c1-8-9(14)13-10(11(2,3)4)12(5,6)7/h8,10H,1H2,2-7H3,(H,13,14). The summed E-state index contributed by atoms with van der Waals surface area (Å²) in [5.41, 5.74) is 0.105. The smallest absolute Gasteiger partial charge is 0.243 e. The number of hydrogen-bond acceptors (Lipinski definition) is 1. The topological polar surface area (TPSA) is 29.1 Å². The number of nitrogens with one attached hydrogen (secondary N) is 1. The minimum Gasteiger partial charge on any atom is -0.349 e. The van der Waals surface area contributed by atoms with Gasteiger partial charge >= 0.3 is 0 Å². The number of carbonyl (C=O) groups is 1. The zero-order valence-electron chi connectivity index (χ0n) is 10.3. The van der Waals surface area contributed by atoms with Gasteiger partial charge in [-0.15, -0.1) is 0 Å². The lowest BCUT2D eigenvalue weighted by Gasteiger charge is -2.40. The normalized spacial score (nSPS) is 12.8. The molecular weight excluding hydrogens is 174 g/mol. The van der Waals surface area contributed by atoms with Crippen LogP contribution in [0.15, 0.2) is 12.7 Å². The molecular formula is C12H23NO. The monoisotopic (exact) mass is 197 g/mol. The van der Waals surface area contributed by atoms with Crippen LogP contribution in [0.4, 0.5) is 0 Å². The molecule has 0 fully saturated rings. The van der Waals surface area contributed by atoms with E-state index in [1.165, 1.54) is 6.08 Å². The van der Waals surface area contributed by atoms with Crippen LogP contribution in [0.2, 0.25) is 0 Å². The molecule has 0 radical (unpaired) electrons. The van der Waals surface area contributed by atoms with Crippen LogP contribution in [0.1, 0.15) is 41.5 Å². The highest BCUT2D eigenvalue weighted by Gasteiger charge is 2.35. The van der Waals surface area contributed by atoms with Crippen LogP contribution >= 0.6 is 0 Å². The van der Waals surface area contributed by atoms with E-state index in [-0.39, 0.29) is 22.8 Å². The van der Waals surface area contributed by atoms with Crippen molar-refractivity contribution in [1.29, 1.82) is 0 Å². The maximum absolute atomic E-state index is 11.3. The zero-order chi connectivity index (χ0) is 11.6. The average molecular weight is 197 g/mol. The molecule has 0 aliphatic rings. The fourth-order valence-electron chi connectivity index (χ4n) is 1.93. The molecule has 0 rings (SSSR count). The molecule has 0 unspecified atom stereocenters. The van der Waals surface area contributed by atoms with Crippen LogP contribution in [-0.4, -0.2) is 11.9 Å². The van der Waals surface area contributed by atoms with Gasteiger partial charge in [-0.25, -0.2) is 0 Å². The molecule has 14 heavy (non-hydrogen) atoms. The summed E-state index contributed by atoms with van der Waals surface area (Å²) in [5.74, 6) is -0.0974. The first-order valence-electron chi connectivity index (χ1n) is 5.02. The fourth-order valence-corrected chi connectivity index (χ4v) is 1.93. The van der Waals surface area contributed by atoms with Crippen molar-refractivity contribution < 1.29 is 4.79 Å². The minimum absolute atomic E-state index is 0.0525. The fraction of sp³-hybridized carbons (Fsp3) is 0.750. The largest absolute Gasteiger partial charge is 0.349 e. The van der Waals surface area contributed by atoms with Crippen LogP contribution in [0.5, 0.6) is 0 Å². The molecule has 2 nitrogen and oxygen atoms in total. The van der Waals surface area contributed by atoms with E-state index < -0.39 is 0 Å². The Bertz CT molecular complexity index is 203. The lowest BCUT2D eigenvalue weighted by atomic mass is 9.72. The molecule has 0 heterocycles. The van der Waals surface area contributed by atoms with E-state index in [4.69, 9.17) is 0 Å². The van der Waals surface area contributed by atoms with Crippen molar-refractivity contribution in [3.8, 4) is 0 Å². The summed E-state index contributed by atoms with van der Waals surface area (Å²) in [6, 6.07) is 0.139. The van der Waals surface area contributed by atoms with Gasteiger partial charge in [-0.05, 0) is 16.9 Å². The Kier molecular flexibility index (Phi) is 3.92. The minimum atomic E-state index is -0.0974. The third-order valence-corrected chi connectivity index (χ3v) is 2.20. The maximum Gasteiger partial charge on any atom is 0.243 e. The first-order valence-corrected chi connectivity index (χ1v) is 5.02. The van der Waals surface area contributed by atoms with Crippen LogP contribution in [0.3, 0.4) is 0 Å². The van der Waals surface area contributed by atoms with Crippen molar-refractivity contribution in [2.75, 3.05) is 0 Å². The molecule has 1 amide bonds. The number of hydrogen-bond donors (Lipinski definition) is 1. The molecule has 0 saturated heterocycles. The Balaban J connectivity index is 4.76. The SMILES string of the molecule is C=CC(=O)NC(C(C)(C)C)C(C)(C)C. The summed E-state index contributed by atoms with van der Waals surface area (Å²) < 4.78 is 0. The Labute approximate surface area is 87.8 Å². The van der Waals surface area contributed by atoms with E-state index in [0.29, 0.717) is 0 Å². The summed E-state index contributed by atoms with van der Waals surface area (Å²) in [5, 5.41) is 2.99. The van der Waals surface area contributed by atoms with E-state index in [1.54, 1.807) is 0 Å². The van der Waals surface area contributed by atoms with Gasteiger partial charge in [0.2, 0.25) is 5.91 Å². The number of amides is 1. The molecule has 0 bridgehead atoms. The maximum atomic E-state index is 11.3. The molecule has 0 spiro atoms. The van der Waals surface area contributed by atoms with Crippen molar-refractivity contribution in [2.45, 2.75) is 47.6 Å². The number of rotatable bonds is 2. The molecule has 2 heteroatoms. The first-order chi connectivity index (χ1) is 6.09. The Morgan fingerprint density at radius 1 is 1.14 bits per heavy atom. The van der Waals surface area contributed by atoms with Gasteiger partial charge < -0.3 is 5.32 Å². The van der Waals surface area contributed by atoms with Gasteiger partial charge in [-0.2, -0.15) is 0 Å². The Hall–Kier alpha value is -0.790. The second kappa shape index (κ2) is 4.16. The predicted molar refractivity (Wildman–Crippen MR) is 61.0 cm³/mol. The van der Waals surface area contributed by atoms with E-state index in [0.717, 1.165) is 0 Å². The summed E-state index contributed by atoms with van der Waals surface area (Å²) in [6.45, 7) is 16.3. The molecule has 0 saturated carbocycles. The summed E-state index contributed by atoms with van der Waals surface area (Å²) >= 11 is 0. The van der Waals surface area contributed by atoms with Crippen molar-refractivity contribution >= 4 is 5.91 Å². The third kappa shape index (κ3) is 3.95. The van der Waals surface area contributed by atoms with Crippen LogP contribution in [0, 0.1) is 10.8 Å². The highest BCUT2D eigenvalue weighted by Crippen LogP contribution is 2.33. The molecule has 0 aliphatic carbocycles. The highest BCUT2D eigenvalue weighted by molar-refractivity contribution is 5.87. The van der Waals surface area contributed by atoms with Crippen LogP contribution in [0.25, 0.3) is 0 Å². The molecule has 0 aliphatic heterocycles. The van der Waals surface area contributed by atoms with Crippen molar-refractivity contribution in [1.82, 2.24) is 5.32 Å². The van der Waals surface area contributed by atoms with Crippen LogP contribution < -0.4 is 5.32 Å². The lowest BCUT2D eigenvalue weighted by Crippen LogP contribution is -2.51. The second-order valence-corrected chi connectivity index (χ2v) is 5.88. The van der Waals surface area contributed by atoms with Gasteiger partial charge in [0.25, 0.3) is 0 Å². The summed E-state index contributed by atoms with van der Waals surface area (Å²) in [6.07, 6.45) is 1.32. The highest BCUT2D eigenvalue weighted by atomic mass is 16.1. The van der Waals surface area contributed by atoms with E-state index >= 15 is 0 Å². The molecule has 0 aromatic rings. The van der Waals surface area contributed by atoms with E-state index in [1.807, 2.05) is 0 Å². The zero-order valence-corrected chi connectivity index (χ0v) is 10.3. The van der Waals surface area contributed by atoms with Gasteiger partial charge in [0, 0.05) is 6.04 Å². The Morgan fingerprint density at radius 2 is 1.50 bits per heavy atom. The molecule has 0 aromatic heterocycles. The molecule has 1 N–H and O–H groups in total. The average Bonchev–Trinajstić information content (AvgIpc) is 1.95. The van der Waals surface area contributed by atoms with Gasteiger partial charge in [-0.3, -0.25) is 4.79 Å². The van der Waals surface area contributed by atoms with E-state index in [9.17, 15) is 4.79 Å². The van der Waals surface area contributed by atoms with Crippen molar-refractivity contribution in [3.63, 3.8) is 0 Å². The van der Waals surface area contributed by atoms with Crippen molar-refractivity contribution in [3.05, 3.63) is 12.7 Å². The Morgan fingerprint density at radius 3 is 1.71 bits per heavy atom. The summed E-state index contributed by atoms with van der Waals surface area (Å²) in [4.78, 5) is 11.3. The van der Waals surface area contributed by atoms with Gasteiger partial charge in [-0.1, -0.05) is 48.1 Å². The van der Waals surface area contributed by atoms with Gasteiger partial charge in [0.1, 0.15) is 0 Å².